The van der Waals surface area contributed by atoms with Crippen LogP contribution < -0.4 is 5.73 Å². The van der Waals surface area contributed by atoms with Crippen molar-refractivity contribution in [2.75, 3.05) is 19.6 Å². The Morgan fingerprint density at radius 3 is 2.31 bits per heavy atom. The van der Waals surface area contributed by atoms with Crippen molar-refractivity contribution >= 4 is 0 Å². The summed E-state index contributed by atoms with van der Waals surface area (Å²) in [7, 11) is 0. The molecule has 0 aromatic rings. The summed E-state index contributed by atoms with van der Waals surface area (Å²) >= 11 is 0. The molecule has 0 radical (unpaired) electrons. The minimum absolute atomic E-state index is 0.752. The van der Waals surface area contributed by atoms with Gasteiger partial charge in [-0.3, -0.25) is 0 Å². The zero-order valence-electron chi connectivity index (χ0n) is 10.9. The standard InChI is InChI=1S/C14H28N2/c1-13(5-4-10-15)16-11-8-14(9-12-16)6-2-3-7-14/h13H,2-12,15H2,1H3. The van der Waals surface area contributed by atoms with Crippen LogP contribution in [-0.2, 0) is 0 Å². The van der Waals surface area contributed by atoms with Crippen molar-refractivity contribution < 1.29 is 0 Å². The Kier molecular flexibility index (Phi) is 4.26. The van der Waals surface area contributed by atoms with Gasteiger partial charge in [0.25, 0.3) is 0 Å². The highest BCUT2D eigenvalue weighted by atomic mass is 15.2. The third-order valence-corrected chi connectivity index (χ3v) is 4.97. The Labute approximate surface area is 101 Å². The van der Waals surface area contributed by atoms with Gasteiger partial charge >= 0.3 is 0 Å². The molecule has 2 N–H and O–H groups in total. The monoisotopic (exact) mass is 224 g/mol. The molecule has 2 nitrogen and oxygen atoms in total. The third kappa shape index (κ3) is 2.78. The maximum atomic E-state index is 5.58. The zero-order chi connectivity index (χ0) is 11.4. The maximum Gasteiger partial charge on any atom is 0.00674 e. The molecule has 16 heavy (non-hydrogen) atoms. The van der Waals surface area contributed by atoms with Gasteiger partial charge < -0.3 is 10.6 Å². The Bertz CT molecular complexity index is 199. The normalized spacial score (nSPS) is 27.4. The number of likely N-dealkylation sites (tertiary alicyclic amines) is 1. The van der Waals surface area contributed by atoms with Crippen LogP contribution in [0.5, 0.6) is 0 Å². The fourth-order valence-electron chi connectivity index (χ4n) is 3.66. The number of piperidine rings is 1. The van der Waals surface area contributed by atoms with Gasteiger partial charge in [0.05, 0.1) is 0 Å². The summed E-state index contributed by atoms with van der Waals surface area (Å²) in [6.45, 7) is 5.90. The highest BCUT2D eigenvalue weighted by molar-refractivity contribution is 4.90. The van der Waals surface area contributed by atoms with E-state index in [1.807, 2.05) is 0 Å². The maximum absolute atomic E-state index is 5.58. The average molecular weight is 224 g/mol. The molecule has 0 amide bonds. The smallest absolute Gasteiger partial charge is 0.00674 e. The first-order valence-electron chi connectivity index (χ1n) is 7.20. The van der Waals surface area contributed by atoms with Crippen LogP contribution in [0.3, 0.4) is 0 Å². The fraction of sp³-hybridized carbons (Fsp3) is 1.00. The molecule has 1 saturated heterocycles. The molecule has 1 aliphatic carbocycles. The van der Waals surface area contributed by atoms with Crippen LogP contribution in [-0.4, -0.2) is 30.6 Å². The third-order valence-electron chi connectivity index (χ3n) is 4.97. The zero-order valence-corrected chi connectivity index (χ0v) is 10.9. The molecule has 0 bridgehead atoms. The minimum Gasteiger partial charge on any atom is -0.330 e. The van der Waals surface area contributed by atoms with E-state index in [1.54, 1.807) is 0 Å². The highest BCUT2D eigenvalue weighted by Gasteiger charge is 2.37. The summed E-state index contributed by atoms with van der Waals surface area (Å²) in [6.07, 6.45) is 11.4. The number of nitrogens with two attached hydrogens (primary N) is 1. The van der Waals surface area contributed by atoms with Crippen LogP contribution in [0, 0.1) is 5.41 Å². The van der Waals surface area contributed by atoms with Gasteiger partial charge in [-0.05, 0) is 70.5 Å². The van der Waals surface area contributed by atoms with Crippen LogP contribution in [0.25, 0.3) is 0 Å². The lowest BCUT2D eigenvalue weighted by Gasteiger charge is -2.42. The summed E-state index contributed by atoms with van der Waals surface area (Å²) in [5, 5.41) is 0. The van der Waals surface area contributed by atoms with Crippen LogP contribution in [0.1, 0.15) is 58.3 Å². The first-order chi connectivity index (χ1) is 7.76. The van der Waals surface area contributed by atoms with E-state index >= 15 is 0 Å². The largest absolute Gasteiger partial charge is 0.330 e. The van der Waals surface area contributed by atoms with Crippen molar-refractivity contribution in [3.8, 4) is 0 Å². The lowest BCUT2D eigenvalue weighted by molar-refractivity contribution is 0.0781. The number of hydrogen-bond donors (Lipinski definition) is 1. The lowest BCUT2D eigenvalue weighted by atomic mass is 9.77. The second-order valence-electron chi connectivity index (χ2n) is 6.02. The van der Waals surface area contributed by atoms with E-state index in [9.17, 15) is 0 Å². The summed E-state index contributed by atoms with van der Waals surface area (Å²) in [6, 6.07) is 0.752. The predicted molar refractivity (Wildman–Crippen MR) is 69.5 cm³/mol. The molecule has 2 rings (SSSR count). The Morgan fingerprint density at radius 1 is 1.12 bits per heavy atom. The fourth-order valence-corrected chi connectivity index (χ4v) is 3.66. The summed E-state index contributed by atoms with van der Waals surface area (Å²) in [5.74, 6) is 0. The van der Waals surface area contributed by atoms with E-state index in [2.05, 4.69) is 11.8 Å². The van der Waals surface area contributed by atoms with E-state index in [0.717, 1.165) is 18.0 Å². The molecule has 1 aliphatic heterocycles. The molecule has 1 atom stereocenters. The summed E-state index contributed by atoms with van der Waals surface area (Å²) < 4.78 is 0. The van der Waals surface area contributed by atoms with Gasteiger partial charge in [0.2, 0.25) is 0 Å². The molecule has 1 saturated carbocycles. The van der Waals surface area contributed by atoms with Crippen LogP contribution >= 0.6 is 0 Å². The predicted octanol–water partition coefficient (Wildman–Crippen LogP) is 2.77. The molecular weight excluding hydrogens is 196 g/mol. The van der Waals surface area contributed by atoms with E-state index in [1.165, 1.54) is 64.5 Å². The Balaban J connectivity index is 1.75. The second kappa shape index (κ2) is 5.50. The van der Waals surface area contributed by atoms with E-state index < -0.39 is 0 Å². The van der Waals surface area contributed by atoms with Crippen molar-refractivity contribution in [1.29, 1.82) is 0 Å². The number of hydrogen-bond acceptors (Lipinski definition) is 2. The molecule has 1 heterocycles. The van der Waals surface area contributed by atoms with Crippen LogP contribution in [0.2, 0.25) is 0 Å². The Hall–Kier alpha value is -0.0800. The molecular formula is C14H28N2. The van der Waals surface area contributed by atoms with Gasteiger partial charge in [-0.25, -0.2) is 0 Å². The van der Waals surface area contributed by atoms with Crippen LogP contribution in [0.15, 0.2) is 0 Å². The van der Waals surface area contributed by atoms with E-state index in [4.69, 9.17) is 5.73 Å². The quantitative estimate of drug-likeness (QED) is 0.795. The Morgan fingerprint density at radius 2 is 1.75 bits per heavy atom. The molecule has 0 aromatic carbocycles. The SMILES string of the molecule is CC(CCCN)N1CCC2(CCCC2)CC1. The van der Waals surface area contributed by atoms with Crippen LogP contribution in [0.4, 0.5) is 0 Å². The summed E-state index contributed by atoms with van der Waals surface area (Å²) in [5.41, 5.74) is 6.35. The molecule has 94 valence electrons. The number of rotatable bonds is 4. The van der Waals surface area contributed by atoms with Gasteiger partial charge in [0.15, 0.2) is 0 Å². The lowest BCUT2D eigenvalue weighted by Crippen LogP contribution is -2.43. The topological polar surface area (TPSA) is 29.3 Å². The van der Waals surface area contributed by atoms with Gasteiger partial charge in [0, 0.05) is 6.04 Å². The van der Waals surface area contributed by atoms with Gasteiger partial charge in [0.1, 0.15) is 0 Å². The molecule has 0 aromatic heterocycles. The van der Waals surface area contributed by atoms with Gasteiger partial charge in [-0.15, -0.1) is 0 Å². The van der Waals surface area contributed by atoms with E-state index in [0.29, 0.717) is 0 Å². The minimum atomic E-state index is 0.752. The average Bonchev–Trinajstić information content (AvgIpc) is 2.75. The van der Waals surface area contributed by atoms with Gasteiger partial charge in [-0.2, -0.15) is 0 Å². The molecule has 1 spiro atoms. The molecule has 2 heteroatoms. The number of nitrogens with zero attached hydrogens (tertiary/aromatic N) is 1. The molecule has 2 fully saturated rings. The van der Waals surface area contributed by atoms with Crippen molar-refractivity contribution in [2.45, 2.75) is 64.3 Å². The van der Waals surface area contributed by atoms with Crippen molar-refractivity contribution in [3.05, 3.63) is 0 Å². The molecule has 1 unspecified atom stereocenters. The second-order valence-corrected chi connectivity index (χ2v) is 6.02. The molecule has 2 aliphatic rings. The first-order valence-corrected chi connectivity index (χ1v) is 7.20. The highest BCUT2D eigenvalue weighted by Crippen LogP contribution is 2.46. The summed E-state index contributed by atoms with van der Waals surface area (Å²) in [4.78, 5) is 2.69. The van der Waals surface area contributed by atoms with E-state index in [-0.39, 0.29) is 0 Å². The van der Waals surface area contributed by atoms with Gasteiger partial charge in [-0.1, -0.05) is 12.8 Å². The van der Waals surface area contributed by atoms with Crippen molar-refractivity contribution in [3.63, 3.8) is 0 Å². The van der Waals surface area contributed by atoms with Crippen molar-refractivity contribution in [2.24, 2.45) is 11.1 Å². The first kappa shape index (κ1) is 12.4. The van der Waals surface area contributed by atoms with Crippen molar-refractivity contribution in [1.82, 2.24) is 4.90 Å².